The minimum Gasteiger partial charge on any atom is -0.350 e. The van der Waals surface area contributed by atoms with Crippen molar-refractivity contribution in [3.05, 3.63) is 57.9 Å². The van der Waals surface area contributed by atoms with Gasteiger partial charge in [0.25, 0.3) is 11.8 Å². The lowest BCUT2D eigenvalue weighted by Crippen LogP contribution is -2.44. The number of rotatable bonds is 3. The third-order valence-corrected chi connectivity index (χ3v) is 8.30. The fraction of sp³-hybridized carbons (Fsp3) is 0.400. The average molecular weight is 450 g/mol. The van der Waals surface area contributed by atoms with Crippen molar-refractivity contribution in [1.29, 1.82) is 0 Å². The molecule has 2 saturated heterocycles. The summed E-state index contributed by atoms with van der Waals surface area (Å²) >= 11 is 1.28. The maximum atomic E-state index is 13.3. The first kappa shape index (κ1) is 20.9. The summed E-state index contributed by atoms with van der Waals surface area (Å²) in [6, 6.07) is 11.5. The van der Waals surface area contributed by atoms with E-state index in [4.69, 9.17) is 0 Å². The molecule has 7 heteroatoms. The molecular formula is C25H27N3O3S. The van der Waals surface area contributed by atoms with E-state index in [-0.39, 0.29) is 23.0 Å². The van der Waals surface area contributed by atoms with Gasteiger partial charge in [0.05, 0.1) is 15.3 Å². The van der Waals surface area contributed by atoms with Gasteiger partial charge in [-0.1, -0.05) is 18.2 Å². The van der Waals surface area contributed by atoms with Crippen molar-refractivity contribution in [1.82, 2.24) is 14.4 Å². The molecule has 4 heterocycles. The van der Waals surface area contributed by atoms with Crippen LogP contribution in [0, 0.1) is 5.41 Å². The van der Waals surface area contributed by atoms with Crippen molar-refractivity contribution in [3.63, 3.8) is 0 Å². The van der Waals surface area contributed by atoms with Crippen LogP contribution >= 0.6 is 11.3 Å². The lowest BCUT2D eigenvalue weighted by molar-refractivity contribution is 0.0569. The van der Waals surface area contributed by atoms with Crippen LogP contribution in [0.3, 0.4) is 0 Å². The minimum atomic E-state index is -0.00597. The molecule has 2 amide bonds. The number of piperidine rings is 1. The van der Waals surface area contributed by atoms with E-state index in [2.05, 4.69) is 0 Å². The number of amides is 2. The van der Waals surface area contributed by atoms with Gasteiger partial charge in [0.1, 0.15) is 0 Å². The lowest BCUT2D eigenvalue weighted by Gasteiger charge is -2.39. The summed E-state index contributed by atoms with van der Waals surface area (Å²) in [6.45, 7) is 4.44. The Morgan fingerprint density at radius 1 is 0.875 bits per heavy atom. The number of carbonyl (C=O) groups is 3. The molecule has 5 rings (SSSR count). The standard InChI is InChI=1S/C25H27N3O3S/c1-17(29)21-7-8-22(32-21)24(31)27-12-9-25(10-13-27)11-14-28(16-25)23(30)19-15-26(2)20-6-4-3-5-18(19)20/h3-8,15H,9-14,16H2,1-2H3. The molecule has 6 nitrogen and oxygen atoms in total. The number of aromatic nitrogens is 1. The fourth-order valence-electron chi connectivity index (χ4n) is 5.18. The van der Waals surface area contributed by atoms with Gasteiger partial charge in [-0.05, 0) is 49.8 Å². The number of hydrogen-bond donors (Lipinski definition) is 0. The third-order valence-electron chi connectivity index (χ3n) is 7.13. The maximum absolute atomic E-state index is 13.3. The van der Waals surface area contributed by atoms with Gasteiger partial charge in [-0.3, -0.25) is 14.4 Å². The number of hydrogen-bond acceptors (Lipinski definition) is 4. The van der Waals surface area contributed by atoms with Gasteiger partial charge in [0.2, 0.25) is 0 Å². The number of Topliss-reactive ketones (excluding diaryl/α,β-unsaturated/α-hetero) is 1. The Labute approximate surface area is 191 Å². The molecule has 32 heavy (non-hydrogen) atoms. The number of para-hydroxylation sites is 1. The Hall–Kier alpha value is -2.93. The van der Waals surface area contributed by atoms with E-state index in [1.807, 2.05) is 51.9 Å². The van der Waals surface area contributed by atoms with E-state index in [9.17, 15) is 14.4 Å². The largest absolute Gasteiger partial charge is 0.350 e. The number of fused-ring (bicyclic) bond motifs is 1. The highest BCUT2D eigenvalue weighted by Crippen LogP contribution is 2.41. The van der Waals surface area contributed by atoms with E-state index < -0.39 is 0 Å². The van der Waals surface area contributed by atoms with Crippen LogP contribution in [0.4, 0.5) is 0 Å². The van der Waals surface area contributed by atoms with Crippen molar-refractivity contribution < 1.29 is 14.4 Å². The van der Waals surface area contributed by atoms with Gasteiger partial charge in [-0.15, -0.1) is 11.3 Å². The number of benzene rings is 1. The Morgan fingerprint density at radius 3 is 2.22 bits per heavy atom. The first-order valence-corrected chi connectivity index (χ1v) is 11.9. The molecule has 0 saturated carbocycles. The van der Waals surface area contributed by atoms with Gasteiger partial charge in [0, 0.05) is 50.3 Å². The molecule has 0 radical (unpaired) electrons. The average Bonchev–Trinajstić information content (AvgIpc) is 3.52. The van der Waals surface area contributed by atoms with Crippen LogP contribution in [0.1, 0.15) is 55.9 Å². The number of nitrogens with zero attached hydrogens (tertiary/aromatic N) is 3. The monoisotopic (exact) mass is 449 g/mol. The molecule has 1 aromatic carbocycles. The van der Waals surface area contributed by atoms with E-state index in [0.29, 0.717) is 22.8 Å². The zero-order chi connectivity index (χ0) is 22.5. The van der Waals surface area contributed by atoms with E-state index in [0.717, 1.165) is 48.8 Å². The summed E-state index contributed by atoms with van der Waals surface area (Å²) in [6.07, 6.45) is 4.74. The van der Waals surface area contributed by atoms with Crippen LogP contribution in [0.25, 0.3) is 10.9 Å². The normalized spacial score (nSPS) is 17.9. The molecule has 2 aliphatic heterocycles. The van der Waals surface area contributed by atoms with Gasteiger partial charge >= 0.3 is 0 Å². The summed E-state index contributed by atoms with van der Waals surface area (Å²) in [5.74, 6) is 0.111. The molecule has 0 aliphatic carbocycles. The van der Waals surface area contributed by atoms with Crippen molar-refractivity contribution in [2.75, 3.05) is 26.2 Å². The highest BCUT2D eigenvalue weighted by molar-refractivity contribution is 7.15. The Bertz CT molecular complexity index is 1220. The molecule has 2 aliphatic rings. The highest BCUT2D eigenvalue weighted by atomic mass is 32.1. The highest BCUT2D eigenvalue weighted by Gasteiger charge is 2.43. The van der Waals surface area contributed by atoms with Crippen LogP contribution in [0.5, 0.6) is 0 Å². The molecule has 166 valence electrons. The lowest BCUT2D eigenvalue weighted by atomic mass is 9.77. The predicted octanol–water partition coefficient (Wildman–Crippen LogP) is 4.21. The zero-order valence-corrected chi connectivity index (χ0v) is 19.3. The van der Waals surface area contributed by atoms with Gasteiger partial charge in [-0.25, -0.2) is 0 Å². The molecule has 0 atom stereocenters. The van der Waals surface area contributed by atoms with Gasteiger partial charge in [-0.2, -0.15) is 0 Å². The second-order valence-electron chi connectivity index (χ2n) is 9.16. The summed E-state index contributed by atoms with van der Waals surface area (Å²) in [5, 5.41) is 1.00. The minimum absolute atomic E-state index is 0.00597. The second kappa shape index (κ2) is 7.89. The Morgan fingerprint density at radius 2 is 1.53 bits per heavy atom. The van der Waals surface area contributed by atoms with E-state index >= 15 is 0 Å². The first-order chi connectivity index (χ1) is 15.4. The molecule has 2 aromatic heterocycles. The van der Waals surface area contributed by atoms with E-state index in [1.54, 1.807) is 12.1 Å². The fourth-order valence-corrected chi connectivity index (χ4v) is 6.05. The molecule has 0 N–H and O–H groups in total. The molecule has 3 aromatic rings. The van der Waals surface area contributed by atoms with Crippen molar-refractivity contribution in [3.8, 4) is 0 Å². The van der Waals surface area contributed by atoms with Crippen LogP contribution in [-0.2, 0) is 7.05 Å². The van der Waals surface area contributed by atoms with Crippen molar-refractivity contribution in [2.45, 2.75) is 26.2 Å². The number of thiophene rings is 1. The van der Waals surface area contributed by atoms with Crippen LogP contribution in [0.2, 0.25) is 0 Å². The van der Waals surface area contributed by atoms with Crippen LogP contribution < -0.4 is 0 Å². The van der Waals surface area contributed by atoms with Crippen LogP contribution in [-0.4, -0.2) is 58.1 Å². The maximum Gasteiger partial charge on any atom is 0.263 e. The Kier molecular flexibility index (Phi) is 5.16. The Balaban J connectivity index is 1.25. The molecule has 1 spiro atoms. The summed E-state index contributed by atoms with van der Waals surface area (Å²) in [4.78, 5) is 42.9. The van der Waals surface area contributed by atoms with Crippen molar-refractivity contribution in [2.24, 2.45) is 12.5 Å². The SMILES string of the molecule is CC(=O)c1ccc(C(=O)N2CCC3(CC2)CCN(C(=O)c2cn(C)c4ccccc24)C3)s1. The third kappa shape index (κ3) is 3.54. The second-order valence-corrected chi connectivity index (χ2v) is 10.2. The molecular weight excluding hydrogens is 422 g/mol. The number of carbonyl (C=O) groups excluding carboxylic acids is 3. The first-order valence-electron chi connectivity index (χ1n) is 11.1. The van der Waals surface area contributed by atoms with E-state index in [1.165, 1.54) is 18.3 Å². The molecule has 2 fully saturated rings. The van der Waals surface area contributed by atoms with Crippen LogP contribution in [0.15, 0.2) is 42.6 Å². The molecule has 0 bridgehead atoms. The predicted molar refractivity (Wildman–Crippen MR) is 125 cm³/mol. The number of ketones is 1. The smallest absolute Gasteiger partial charge is 0.263 e. The summed E-state index contributed by atoms with van der Waals surface area (Å²) in [7, 11) is 1.98. The van der Waals surface area contributed by atoms with Crippen molar-refractivity contribution >= 4 is 39.8 Å². The van der Waals surface area contributed by atoms with Gasteiger partial charge < -0.3 is 14.4 Å². The number of aryl methyl sites for hydroxylation is 1. The molecule has 0 unspecified atom stereocenters. The summed E-state index contributed by atoms with van der Waals surface area (Å²) < 4.78 is 2.01. The zero-order valence-electron chi connectivity index (χ0n) is 18.5. The quantitative estimate of drug-likeness (QED) is 0.563. The number of likely N-dealkylation sites (tertiary alicyclic amines) is 2. The summed E-state index contributed by atoms with van der Waals surface area (Å²) in [5.41, 5.74) is 1.93. The van der Waals surface area contributed by atoms with Gasteiger partial charge in [0.15, 0.2) is 5.78 Å². The topological polar surface area (TPSA) is 62.6 Å².